The topological polar surface area (TPSA) is 25.2 Å². The van der Waals surface area contributed by atoms with Crippen LogP contribution in [-0.2, 0) is 0 Å². The van der Waals surface area contributed by atoms with Gasteiger partial charge in [-0.1, -0.05) is 24.3 Å². The number of aliphatic imine (C=N–C) groups is 1. The zero-order valence-corrected chi connectivity index (χ0v) is 8.67. The fourth-order valence-electron chi connectivity index (χ4n) is 1.79. The highest BCUT2D eigenvalue weighted by Gasteiger charge is 2.10. The van der Waals surface area contributed by atoms with E-state index in [2.05, 4.69) is 22.1 Å². The molecule has 0 saturated heterocycles. The summed E-state index contributed by atoms with van der Waals surface area (Å²) in [7, 11) is 0. The molecular weight excluding hydrogens is 196 g/mol. The van der Waals surface area contributed by atoms with E-state index in [1.807, 2.05) is 42.7 Å². The van der Waals surface area contributed by atoms with Crippen molar-refractivity contribution in [2.75, 3.05) is 0 Å². The summed E-state index contributed by atoms with van der Waals surface area (Å²) in [5, 5.41) is 0. The highest BCUT2D eigenvalue weighted by Crippen LogP contribution is 2.31. The Bertz CT molecular complexity index is 568. The van der Waals surface area contributed by atoms with Gasteiger partial charge in [-0.3, -0.25) is 9.98 Å². The number of aromatic nitrogens is 1. The SMILES string of the molecule is C1=Nc2ccccc2C1=Cc1cccnc1. The molecule has 16 heavy (non-hydrogen) atoms. The first-order valence-corrected chi connectivity index (χ1v) is 5.19. The number of nitrogens with zero attached hydrogens (tertiary/aromatic N) is 2. The number of benzene rings is 1. The van der Waals surface area contributed by atoms with Crippen molar-refractivity contribution < 1.29 is 0 Å². The molecule has 0 fully saturated rings. The van der Waals surface area contributed by atoms with Crippen molar-refractivity contribution in [2.24, 2.45) is 4.99 Å². The number of para-hydroxylation sites is 1. The van der Waals surface area contributed by atoms with Gasteiger partial charge in [-0.05, 0) is 23.8 Å². The summed E-state index contributed by atoms with van der Waals surface area (Å²) in [6.45, 7) is 0. The summed E-state index contributed by atoms with van der Waals surface area (Å²) in [5.74, 6) is 0. The van der Waals surface area contributed by atoms with E-state index in [-0.39, 0.29) is 0 Å². The van der Waals surface area contributed by atoms with Crippen LogP contribution in [-0.4, -0.2) is 11.2 Å². The first-order chi connectivity index (χ1) is 7.93. The molecule has 0 amide bonds. The summed E-state index contributed by atoms with van der Waals surface area (Å²) in [4.78, 5) is 8.46. The van der Waals surface area contributed by atoms with E-state index in [9.17, 15) is 0 Å². The van der Waals surface area contributed by atoms with Crippen LogP contribution in [0.2, 0.25) is 0 Å². The van der Waals surface area contributed by atoms with Crippen molar-refractivity contribution in [3.8, 4) is 0 Å². The highest BCUT2D eigenvalue weighted by molar-refractivity contribution is 6.21. The molecule has 2 aromatic rings. The average molecular weight is 206 g/mol. The monoisotopic (exact) mass is 206 g/mol. The second-order valence-corrected chi connectivity index (χ2v) is 3.66. The van der Waals surface area contributed by atoms with Crippen molar-refractivity contribution in [3.05, 3.63) is 59.9 Å². The quantitative estimate of drug-likeness (QED) is 0.702. The molecular formula is C14H10N2. The first kappa shape index (κ1) is 9.04. The van der Waals surface area contributed by atoms with E-state index >= 15 is 0 Å². The summed E-state index contributed by atoms with van der Waals surface area (Å²) in [6, 6.07) is 12.1. The minimum Gasteiger partial charge on any atom is -0.264 e. The Morgan fingerprint density at radius 2 is 1.94 bits per heavy atom. The smallest absolute Gasteiger partial charge is 0.0708 e. The minimum atomic E-state index is 1.04. The van der Waals surface area contributed by atoms with Gasteiger partial charge in [0.25, 0.3) is 0 Å². The van der Waals surface area contributed by atoms with Gasteiger partial charge in [-0.2, -0.15) is 0 Å². The van der Waals surface area contributed by atoms with Crippen LogP contribution in [0.15, 0.2) is 53.8 Å². The molecule has 0 atom stereocenters. The number of allylic oxidation sites excluding steroid dienone is 1. The third kappa shape index (κ3) is 1.54. The lowest BCUT2D eigenvalue weighted by atomic mass is 10.1. The highest BCUT2D eigenvalue weighted by atomic mass is 14.7. The molecule has 0 unspecified atom stereocenters. The van der Waals surface area contributed by atoms with Gasteiger partial charge in [-0.15, -0.1) is 0 Å². The number of fused-ring (bicyclic) bond motifs is 1. The molecule has 0 aliphatic carbocycles. The van der Waals surface area contributed by atoms with Crippen LogP contribution in [0.1, 0.15) is 11.1 Å². The molecule has 76 valence electrons. The third-order valence-corrected chi connectivity index (χ3v) is 2.56. The van der Waals surface area contributed by atoms with Gasteiger partial charge in [0.15, 0.2) is 0 Å². The summed E-state index contributed by atoms with van der Waals surface area (Å²) >= 11 is 0. The molecule has 0 saturated carbocycles. The van der Waals surface area contributed by atoms with Gasteiger partial charge in [-0.25, -0.2) is 0 Å². The fraction of sp³-hybridized carbons (Fsp3) is 0. The third-order valence-electron chi connectivity index (χ3n) is 2.56. The van der Waals surface area contributed by atoms with Crippen LogP contribution in [0.5, 0.6) is 0 Å². The van der Waals surface area contributed by atoms with Crippen LogP contribution >= 0.6 is 0 Å². The lowest BCUT2D eigenvalue weighted by Crippen LogP contribution is -1.81. The zero-order valence-electron chi connectivity index (χ0n) is 8.67. The molecule has 0 radical (unpaired) electrons. The molecule has 0 N–H and O–H groups in total. The van der Waals surface area contributed by atoms with E-state index < -0.39 is 0 Å². The van der Waals surface area contributed by atoms with E-state index in [4.69, 9.17) is 0 Å². The maximum Gasteiger partial charge on any atom is 0.0708 e. The van der Waals surface area contributed by atoms with Crippen molar-refractivity contribution in [3.63, 3.8) is 0 Å². The van der Waals surface area contributed by atoms with Gasteiger partial charge in [0.05, 0.1) is 5.69 Å². The second-order valence-electron chi connectivity index (χ2n) is 3.66. The Morgan fingerprint density at radius 1 is 1.00 bits per heavy atom. The van der Waals surface area contributed by atoms with Crippen molar-refractivity contribution in [1.82, 2.24) is 4.98 Å². The zero-order chi connectivity index (χ0) is 10.8. The second kappa shape index (κ2) is 3.74. The van der Waals surface area contributed by atoms with Gasteiger partial charge in [0.2, 0.25) is 0 Å². The maximum absolute atomic E-state index is 4.36. The Kier molecular flexibility index (Phi) is 2.11. The molecule has 1 aromatic heterocycles. The molecule has 1 aliphatic rings. The standard InChI is InChI=1S/C14H10N2/c1-2-6-14-13(5-1)12(10-16-14)8-11-4-3-7-15-9-11/h1-10H. The molecule has 0 spiro atoms. The van der Waals surface area contributed by atoms with E-state index in [1.54, 1.807) is 6.20 Å². The van der Waals surface area contributed by atoms with Crippen LogP contribution in [0.25, 0.3) is 11.6 Å². The summed E-state index contributed by atoms with van der Waals surface area (Å²) in [6.07, 6.45) is 7.63. The van der Waals surface area contributed by atoms with E-state index in [0.29, 0.717) is 0 Å². The van der Waals surface area contributed by atoms with Crippen LogP contribution in [0.3, 0.4) is 0 Å². The first-order valence-electron chi connectivity index (χ1n) is 5.19. The van der Waals surface area contributed by atoms with Crippen molar-refractivity contribution in [1.29, 1.82) is 0 Å². The van der Waals surface area contributed by atoms with Crippen LogP contribution < -0.4 is 0 Å². The number of hydrogen-bond donors (Lipinski definition) is 0. The van der Waals surface area contributed by atoms with Crippen LogP contribution in [0.4, 0.5) is 5.69 Å². The number of pyridine rings is 1. The lowest BCUT2D eigenvalue weighted by molar-refractivity contribution is 1.32. The molecule has 3 rings (SSSR count). The molecule has 2 heteroatoms. The molecule has 0 bridgehead atoms. The van der Waals surface area contributed by atoms with Crippen LogP contribution in [0, 0.1) is 0 Å². The van der Waals surface area contributed by atoms with Gasteiger partial charge < -0.3 is 0 Å². The number of rotatable bonds is 1. The maximum atomic E-state index is 4.36. The normalized spacial score (nSPS) is 15.4. The molecule has 1 aliphatic heterocycles. The predicted octanol–water partition coefficient (Wildman–Crippen LogP) is 3.34. The Hall–Kier alpha value is -2.22. The van der Waals surface area contributed by atoms with Crippen molar-refractivity contribution in [2.45, 2.75) is 0 Å². The lowest BCUT2D eigenvalue weighted by Gasteiger charge is -1.98. The van der Waals surface area contributed by atoms with Gasteiger partial charge in [0.1, 0.15) is 0 Å². The fourth-order valence-corrected chi connectivity index (χ4v) is 1.79. The Labute approximate surface area is 94.0 Å². The van der Waals surface area contributed by atoms with E-state index in [1.165, 1.54) is 5.56 Å². The average Bonchev–Trinajstić information content (AvgIpc) is 2.74. The summed E-state index contributed by atoms with van der Waals surface area (Å²) in [5.41, 5.74) is 4.47. The predicted molar refractivity (Wildman–Crippen MR) is 66.7 cm³/mol. The largest absolute Gasteiger partial charge is 0.264 e. The van der Waals surface area contributed by atoms with E-state index in [0.717, 1.165) is 16.8 Å². The Balaban J connectivity index is 2.06. The molecule has 2 heterocycles. The van der Waals surface area contributed by atoms with Crippen molar-refractivity contribution >= 4 is 23.6 Å². The van der Waals surface area contributed by atoms with Gasteiger partial charge >= 0.3 is 0 Å². The number of hydrogen-bond acceptors (Lipinski definition) is 2. The Morgan fingerprint density at radius 3 is 2.81 bits per heavy atom. The van der Waals surface area contributed by atoms with Gasteiger partial charge in [0, 0.05) is 29.7 Å². The molecule has 1 aromatic carbocycles. The minimum absolute atomic E-state index is 1.04. The summed E-state index contributed by atoms with van der Waals surface area (Å²) < 4.78 is 0. The molecule has 2 nitrogen and oxygen atoms in total.